The molecule has 0 aliphatic rings. The van der Waals surface area contributed by atoms with E-state index in [4.69, 9.17) is 5.73 Å². The monoisotopic (exact) mass is 282 g/mol. The van der Waals surface area contributed by atoms with E-state index in [-0.39, 0.29) is 18.7 Å². The van der Waals surface area contributed by atoms with Crippen molar-refractivity contribution in [3.63, 3.8) is 0 Å². The fourth-order valence-electron chi connectivity index (χ4n) is 1.32. The molecule has 0 unspecified atom stereocenters. The Hall–Kier alpha value is -1.12. The van der Waals surface area contributed by atoms with Gasteiger partial charge in [0, 0.05) is 13.1 Å². The third-order valence-corrected chi connectivity index (χ3v) is 3.43. The normalized spacial score (nSPS) is 12.7. The van der Waals surface area contributed by atoms with Crippen LogP contribution in [0.15, 0.2) is 24.3 Å². The molecule has 0 heterocycles. The molecule has 0 aromatic heterocycles. The van der Waals surface area contributed by atoms with Crippen molar-refractivity contribution in [1.82, 2.24) is 4.72 Å². The Kier molecular flexibility index (Phi) is 4.71. The van der Waals surface area contributed by atoms with Gasteiger partial charge in [-0.2, -0.15) is 13.2 Å². The van der Waals surface area contributed by atoms with Gasteiger partial charge in [0.25, 0.3) is 0 Å². The van der Waals surface area contributed by atoms with E-state index in [9.17, 15) is 21.6 Å². The van der Waals surface area contributed by atoms with E-state index in [1.54, 1.807) is 0 Å². The van der Waals surface area contributed by atoms with Crippen LogP contribution in [0, 0.1) is 0 Å². The van der Waals surface area contributed by atoms with Gasteiger partial charge in [-0.1, -0.05) is 18.2 Å². The molecule has 0 fully saturated rings. The van der Waals surface area contributed by atoms with Crippen LogP contribution in [-0.4, -0.2) is 21.5 Å². The smallest absolute Gasteiger partial charge is 0.329 e. The highest BCUT2D eigenvalue weighted by atomic mass is 32.2. The third kappa shape index (κ3) is 4.63. The molecule has 0 saturated carbocycles. The fraction of sp³-hybridized carbons (Fsp3) is 0.400. The third-order valence-electron chi connectivity index (χ3n) is 2.08. The molecule has 1 rings (SSSR count). The first kappa shape index (κ1) is 14.9. The van der Waals surface area contributed by atoms with Gasteiger partial charge in [-0.15, -0.1) is 0 Å². The van der Waals surface area contributed by atoms with E-state index < -0.39 is 27.5 Å². The maximum absolute atomic E-state index is 12.4. The van der Waals surface area contributed by atoms with Crippen molar-refractivity contribution in [3.8, 4) is 0 Å². The number of hydrogen-bond donors (Lipinski definition) is 2. The van der Waals surface area contributed by atoms with Crippen LogP contribution in [0.25, 0.3) is 0 Å². The standard InChI is InChI=1S/C10H13F3N2O2S/c11-10(12,13)9-3-1-2-8(6-9)7-18(16,17)15-5-4-14/h1-3,6,15H,4-5,7,14H2. The van der Waals surface area contributed by atoms with Crippen molar-refractivity contribution in [2.45, 2.75) is 11.9 Å². The number of hydrogen-bond acceptors (Lipinski definition) is 3. The first-order valence-corrected chi connectivity index (χ1v) is 6.73. The van der Waals surface area contributed by atoms with Crippen molar-refractivity contribution >= 4 is 10.0 Å². The molecular formula is C10H13F3N2O2S. The molecule has 0 amide bonds. The number of sulfonamides is 1. The summed E-state index contributed by atoms with van der Waals surface area (Å²) in [5, 5.41) is 0. The van der Waals surface area contributed by atoms with E-state index in [1.165, 1.54) is 12.1 Å². The number of alkyl halides is 3. The molecule has 3 N–H and O–H groups in total. The van der Waals surface area contributed by atoms with Crippen LogP contribution in [0.3, 0.4) is 0 Å². The lowest BCUT2D eigenvalue weighted by atomic mass is 10.1. The van der Waals surface area contributed by atoms with Gasteiger partial charge in [0.05, 0.1) is 11.3 Å². The van der Waals surface area contributed by atoms with Crippen LogP contribution in [0.1, 0.15) is 11.1 Å². The first-order chi connectivity index (χ1) is 8.24. The summed E-state index contributed by atoms with van der Waals surface area (Å²) in [5.41, 5.74) is 4.35. The molecule has 0 saturated heterocycles. The molecule has 1 aromatic carbocycles. The topological polar surface area (TPSA) is 72.2 Å². The number of nitrogens with two attached hydrogens (primary N) is 1. The van der Waals surface area contributed by atoms with Gasteiger partial charge in [0.15, 0.2) is 0 Å². The van der Waals surface area contributed by atoms with Gasteiger partial charge in [-0.25, -0.2) is 13.1 Å². The minimum atomic E-state index is -4.48. The lowest BCUT2D eigenvalue weighted by molar-refractivity contribution is -0.137. The Morgan fingerprint density at radius 1 is 1.28 bits per heavy atom. The van der Waals surface area contributed by atoms with Gasteiger partial charge < -0.3 is 5.73 Å². The zero-order chi connectivity index (χ0) is 13.8. The molecule has 1 aromatic rings. The average molecular weight is 282 g/mol. The second kappa shape index (κ2) is 5.68. The molecule has 0 aliphatic carbocycles. The molecule has 0 aliphatic heterocycles. The largest absolute Gasteiger partial charge is 0.416 e. The average Bonchev–Trinajstić information content (AvgIpc) is 2.25. The van der Waals surface area contributed by atoms with Crippen LogP contribution in [0.4, 0.5) is 13.2 Å². The highest BCUT2D eigenvalue weighted by Crippen LogP contribution is 2.29. The minimum Gasteiger partial charge on any atom is -0.329 e. The maximum Gasteiger partial charge on any atom is 0.416 e. The first-order valence-electron chi connectivity index (χ1n) is 5.08. The molecule has 18 heavy (non-hydrogen) atoms. The van der Waals surface area contributed by atoms with Crippen LogP contribution < -0.4 is 10.5 Å². The zero-order valence-corrected chi connectivity index (χ0v) is 10.2. The Morgan fingerprint density at radius 3 is 2.50 bits per heavy atom. The Morgan fingerprint density at radius 2 is 1.94 bits per heavy atom. The van der Waals surface area contributed by atoms with E-state index in [0.29, 0.717) is 0 Å². The van der Waals surface area contributed by atoms with Gasteiger partial charge in [-0.05, 0) is 11.6 Å². The molecule has 0 spiro atoms. The van der Waals surface area contributed by atoms with Crippen LogP contribution in [-0.2, 0) is 22.0 Å². The Bertz CT molecular complexity index is 500. The second-order valence-corrected chi connectivity index (χ2v) is 5.45. The minimum absolute atomic E-state index is 0.0568. The van der Waals surface area contributed by atoms with E-state index in [2.05, 4.69) is 4.72 Å². The van der Waals surface area contributed by atoms with Crippen molar-refractivity contribution < 1.29 is 21.6 Å². The molecule has 4 nitrogen and oxygen atoms in total. The number of halogens is 3. The van der Waals surface area contributed by atoms with Crippen molar-refractivity contribution in [2.75, 3.05) is 13.1 Å². The van der Waals surface area contributed by atoms with Gasteiger partial charge in [0.1, 0.15) is 0 Å². The van der Waals surface area contributed by atoms with E-state index >= 15 is 0 Å². The van der Waals surface area contributed by atoms with E-state index in [0.717, 1.165) is 12.1 Å². The van der Waals surface area contributed by atoms with Crippen molar-refractivity contribution in [1.29, 1.82) is 0 Å². The predicted molar refractivity (Wildman–Crippen MR) is 61.1 cm³/mol. The Balaban J connectivity index is 2.86. The maximum atomic E-state index is 12.4. The van der Waals surface area contributed by atoms with Crippen molar-refractivity contribution in [3.05, 3.63) is 35.4 Å². The highest BCUT2D eigenvalue weighted by Gasteiger charge is 2.30. The lowest BCUT2D eigenvalue weighted by Crippen LogP contribution is -2.30. The highest BCUT2D eigenvalue weighted by molar-refractivity contribution is 7.88. The quantitative estimate of drug-likeness (QED) is 0.849. The summed E-state index contributed by atoms with van der Waals surface area (Å²) in [6, 6.07) is 4.22. The summed E-state index contributed by atoms with van der Waals surface area (Å²) in [6.45, 7) is 0.184. The number of rotatable bonds is 5. The van der Waals surface area contributed by atoms with Crippen LogP contribution >= 0.6 is 0 Å². The Labute approximate surface area is 103 Å². The second-order valence-electron chi connectivity index (χ2n) is 3.64. The van der Waals surface area contributed by atoms with E-state index in [1.807, 2.05) is 0 Å². The predicted octanol–water partition coefficient (Wildman–Crippen LogP) is 1.08. The number of nitrogens with one attached hydrogen (secondary N) is 1. The number of benzene rings is 1. The van der Waals surface area contributed by atoms with Crippen LogP contribution in [0.5, 0.6) is 0 Å². The molecule has 8 heteroatoms. The lowest BCUT2D eigenvalue weighted by Gasteiger charge is -2.09. The fourth-order valence-corrected chi connectivity index (χ4v) is 2.47. The zero-order valence-electron chi connectivity index (χ0n) is 9.37. The molecular weight excluding hydrogens is 269 g/mol. The molecule has 102 valence electrons. The summed E-state index contributed by atoms with van der Waals surface area (Å²) >= 11 is 0. The van der Waals surface area contributed by atoms with Gasteiger partial charge >= 0.3 is 6.18 Å². The molecule has 0 radical (unpaired) electrons. The van der Waals surface area contributed by atoms with Gasteiger partial charge in [0.2, 0.25) is 10.0 Å². The summed E-state index contributed by atoms with van der Waals surface area (Å²) < 4.78 is 62.4. The van der Waals surface area contributed by atoms with Crippen molar-refractivity contribution in [2.24, 2.45) is 5.73 Å². The molecule has 0 atom stereocenters. The summed E-state index contributed by atoms with van der Waals surface area (Å²) in [7, 11) is -3.66. The summed E-state index contributed by atoms with van der Waals surface area (Å²) in [4.78, 5) is 0. The van der Waals surface area contributed by atoms with Gasteiger partial charge in [-0.3, -0.25) is 0 Å². The SMILES string of the molecule is NCCNS(=O)(=O)Cc1cccc(C(F)(F)F)c1. The molecule has 0 bridgehead atoms. The van der Waals surface area contributed by atoms with Crippen LogP contribution in [0.2, 0.25) is 0 Å². The summed E-state index contributed by atoms with van der Waals surface area (Å²) in [5.74, 6) is -0.503. The summed E-state index contributed by atoms with van der Waals surface area (Å²) in [6.07, 6.45) is -4.48.